The van der Waals surface area contributed by atoms with Crippen LogP contribution in [0.15, 0.2) is 0 Å². The zero-order valence-electron chi connectivity index (χ0n) is 16.6. The Balaban J connectivity index is 4.23. The summed E-state index contributed by atoms with van der Waals surface area (Å²) in [5.41, 5.74) is 0. The van der Waals surface area contributed by atoms with Gasteiger partial charge in [-0.1, -0.05) is 13.3 Å². The lowest BCUT2D eigenvalue weighted by molar-refractivity contribution is -0.177. The maximum Gasteiger partial charge on any atom is 0.407 e. The number of hydrogen-bond donors (Lipinski definition) is 4. The number of carbonyl (C=O) groups is 2. The van der Waals surface area contributed by atoms with Gasteiger partial charge in [0.25, 0.3) is 0 Å². The Morgan fingerprint density at radius 1 is 1.04 bits per heavy atom. The van der Waals surface area contributed by atoms with E-state index in [4.69, 9.17) is 18.9 Å². The Hall–Kier alpha value is -1.62. The van der Waals surface area contributed by atoms with Crippen molar-refractivity contribution >= 4 is 12.2 Å². The van der Waals surface area contributed by atoms with Crippen molar-refractivity contribution in [3.63, 3.8) is 0 Å². The van der Waals surface area contributed by atoms with Crippen LogP contribution in [0.3, 0.4) is 0 Å². The Labute approximate surface area is 160 Å². The monoisotopic (exact) mass is 394 g/mol. The normalized spacial score (nSPS) is 14.3. The lowest BCUT2D eigenvalue weighted by Gasteiger charge is -2.23. The van der Waals surface area contributed by atoms with E-state index in [2.05, 4.69) is 10.6 Å². The summed E-state index contributed by atoms with van der Waals surface area (Å²) < 4.78 is 20.9. The molecule has 0 aliphatic carbocycles. The Kier molecular flexibility index (Phi) is 14.5. The van der Waals surface area contributed by atoms with E-state index in [1.54, 1.807) is 20.8 Å². The molecule has 0 aromatic carbocycles. The zero-order valence-corrected chi connectivity index (χ0v) is 16.6. The predicted molar refractivity (Wildman–Crippen MR) is 97.3 cm³/mol. The number of ether oxygens (including phenoxy) is 4. The number of aliphatic hydroxyl groups excluding tert-OH is 2. The van der Waals surface area contributed by atoms with Crippen LogP contribution in [0.1, 0.15) is 40.5 Å². The van der Waals surface area contributed by atoms with Crippen molar-refractivity contribution < 1.29 is 38.7 Å². The molecule has 0 radical (unpaired) electrons. The summed E-state index contributed by atoms with van der Waals surface area (Å²) in [6.45, 7) is 6.93. The fraction of sp³-hybridized carbons (Fsp3) is 0.882. The van der Waals surface area contributed by atoms with Crippen LogP contribution in [0, 0.1) is 0 Å². The quantitative estimate of drug-likeness (QED) is 0.317. The molecule has 0 aliphatic rings. The first kappa shape index (κ1) is 25.4. The Morgan fingerprint density at radius 3 is 2.26 bits per heavy atom. The van der Waals surface area contributed by atoms with E-state index in [1.807, 2.05) is 6.92 Å². The van der Waals surface area contributed by atoms with Gasteiger partial charge < -0.3 is 39.8 Å². The van der Waals surface area contributed by atoms with E-state index in [-0.39, 0.29) is 25.9 Å². The third-order valence-electron chi connectivity index (χ3n) is 3.08. The molecule has 3 atom stereocenters. The van der Waals surface area contributed by atoms with Gasteiger partial charge in [-0.15, -0.1) is 0 Å². The van der Waals surface area contributed by atoms with Gasteiger partial charge in [0.1, 0.15) is 18.8 Å². The molecule has 0 aromatic rings. The lowest BCUT2D eigenvalue weighted by Crippen LogP contribution is -2.36. The summed E-state index contributed by atoms with van der Waals surface area (Å²) in [7, 11) is 0. The molecule has 0 aliphatic heterocycles. The molecule has 0 rings (SSSR count). The molecule has 0 aromatic heterocycles. The van der Waals surface area contributed by atoms with E-state index in [1.165, 1.54) is 0 Å². The highest BCUT2D eigenvalue weighted by Gasteiger charge is 2.18. The largest absolute Gasteiger partial charge is 0.447 e. The molecule has 10 heteroatoms. The molecular weight excluding hydrogens is 360 g/mol. The third-order valence-corrected chi connectivity index (χ3v) is 3.08. The highest BCUT2D eigenvalue weighted by molar-refractivity contribution is 5.67. The van der Waals surface area contributed by atoms with Crippen molar-refractivity contribution in [2.75, 3.05) is 33.0 Å². The van der Waals surface area contributed by atoms with Gasteiger partial charge in [-0.05, 0) is 27.2 Å². The van der Waals surface area contributed by atoms with Crippen LogP contribution in [0.25, 0.3) is 0 Å². The number of hydrogen-bond acceptors (Lipinski definition) is 8. The summed E-state index contributed by atoms with van der Waals surface area (Å²) in [5, 5.41) is 24.1. The minimum Gasteiger partial charge on any atom is -0.447 e. The SMILES string of the molecule is CCCC(OCC(O)COC(=O)NC(C)C)OCC(CO)OC(=O)NCC. The fourth-order valence-electron chi connectivity index (χ4n) is 1.84. The highest BCUT2D eigenvalue weighted by Crippen LogP contribution is 2.07. The minimum absolute atomic E-state index is 0.0539. The molecule has 27 heavy (non-hydrogen) atoms. The van der Waals surface area contributed by atoms with Crippen molar-refractivity contribution in [1.29, 1.82) is 0 Å². The van der Waals surface area contributed by atoms with Gasteiger partial charge in [-0.3, -0.25) is 0 Å². The van der Waals surface area contributed by atoms with Crippen molar-refractivity contribution in [2.45, 2.75) is 65.1 Å². The second kappa shape index (κ2) is 15.4. The fourth-order valence-corrected chi connectivity index (χ4v) is 1.84. The zero-order chi connectivity index (χ0) is 20.7. The standard InChI is InChI=1S/C17H34N2O8/c1-5-7-15(25-11-14(8-20)27-16(22)18-6-2)24-9-13(21)10-26-17(23)19-12(3)4/h12-15,20-21H,5-11H2,1-4H3,(H,18,22)(H,19,23). The van der Waals surface area contributed by atoms with E-state index in [0.717, 1.165) is 6.42 Å². The molecule has 10 nitrogen and oxygen atoms in total. The Morgan fingerprint density at radius 2 is 1.70 bits per heavy atom. The molecule has 0 saturated heterocycles. The number of carbonyl (C=O) groups excluding carboxylic acids is 2. The van der Waals surface area contributed by atoms with Gasteiger partial charge in [0.2, 0.25) is 0 Å². The van der Waals surface area contributed by atoms with Gasteiger partial charge in [0, 0.05) is 12.6 Å². The van der Waals surface area contributed by atoms with Crippen LogP contribution >= 0.6 is 0 Å². The van der Waals surface area contributed by atoms with Crippen LogP contribution in [0.4, 0.5) is 9.59 Å². The minimum atomic E-state index is -1.01. The van der Waals surface area contributed by atoms with Gasteiger partial charge >= 0.3 is 12.2 Å². The Bertz CT molecular complexity index is 408. The van der Waals surface area contributed by atoms with Gasteiger partial charge in [-0.2, -0.15) is 0 Å². The van der Waals surface area contributed by atoms with Crippen molar-refractivity contribution in [3.8, 4) is 0 Å². The smallest absolute Gasteiger partial charge is 0.407 e. The molecule has 0 fully saturated rings. The van der Waals surface area contributed by atoms with Crippen LogP contribution in [0.5, 0.6) is 0 Å². The number of alkyl carbamates (subject to hydrolysis) is 2. The first-order valence-electron chi connectivity index (χ1n) is 9.22. The van der Waals surface area contributed by atoms with E-state index < -0.39 is 37.3 Å². The molecule has 3 unspecified atom stereocenters. The molecule has 0 spiro atoms. The summed E-state index contributed by atoms with van der Waals surface area (Å²) in [6.07, 6.45) is -2.44. The van der Waals surface area contributed by atoms with Crippen molar-refractivity contribution in [2.24, 2.45) is 0 Å². The summed E-state index contributed by atoms with van der Waals surface area (Å²) >= 11 is 0. The predicted octanol–water partition coefficient (Wildman–Crippen LogP) is 0.748. The molecule has 4 N–H and O–H groups in total. The second-order valence-corrected chi connectivity index (χ2v) is 6.18. The summed E-state index contributed by atoms with van der Waals surface area (Å²) in [5.74, 6) is 0. The van der Waals surface area contributed by atoms with Crippen molar-refractivity contribution in [1.82, 2.24) is 10.6 Å². The molecular formula is C17H34N2O8. The topological polar surface area (TPSA) is 136 Å². The summed E-state index contributed by atoms with van der Waals surface area (Å²) in [6, 6.07) is -0.0608. The van der Waals surface area contributed by atoms with Crippen LogP contribution in [-0.4, -0.2) is 79.9 Å². The van der Waals surface area contributed by atoms with Gasteiger partial charge in [0.05, 0.1) is 19.8 Å². The van der Waals surface area contributed by atoms with Crippen molar-refractivity contribution in [3.05, 3.63) is 0 Å². The first-order valence-corrected chi connectivity index (χ1v) is 9.22. The van der Waals surface area contributed by atoms with Crippen LogP contribution in [0.2, 0.25) is 0 Å². The van der Waals surface area contributed by atoms with E-state index in [0.29, 0.717) is 13.0 Å². The average Bonchev–Trinajstić information content (AvgIpc) is 2.60. The van der Waals surface area contributed by atoms with Gasteiger partial charge in [0.15, 0.2) is 6.29 Å². The van der Waals surface area contributed by atoms with Crippen LogP contribution < -0.4 is 10.6 Å². The lowest BCUT2D eigenvalue weighted by atomic mass is 10.3. The van der Waals surface area contributed by atoms with E-state index >= 15 is 0 Å². The second-order valence-electron chi connectivity index (χ2n) is 6.18. The highest BCUT2D eigenvalue weighted by atomic mass is 16.7. The molecule has 160 valence electrons. The molecule has 2 amide bonds. The third kappa shape index (κ3) is 14.1. The maximum absolute atomic E-state index is 11.4. The number of aliphatic hydroxyl groups is 2. The molecule has 0 saturated carbocycles. The number of rotatable bonds is 14. The molecule has 0 bridgehead atoms. The number of amides is 2. The maximum atomic E-state index is 11.4. The molecule has 0 heterocycles. The van der Waals surface area contributed by atoms with Gasteiger partial charge in [-0.25, -0.2) is 9.59 Å². The van der Waals surface area contributed by atoms with Crippen LogP contribution in [-0.2, 0) is 18.9 Å². The average molecular weight is 394 g/mol. The van der Waals surface area contributed by atoms with E-state index in [9.17, 15) is 19.8 Å². The number of nitrogens with one attached hydrogen (secondary N) is 2. The summed E-state index contributed by atoms with van der Waals surface area (Å²) in [4.78, 5) is 22.7. The first-order chi connectivity index (χ1) is 12.8.